The molecule has 2 aromatic rings. The van der Waals surface area contributed by atoms with Crippen molar-refractivity contribution in [1.82, 2.24) is 0 Å². The lowest BCUT2D eigenvalue weighted by Gasteiger charge is -2.18. The van der Waals surface area contributed by atoms with Gasteiger partial charge >= 0.3 is 5.97 Å². The van der Waals surface area contributed by atoms with Crippen molar-refractivity contribution in [2.24, 2.45) is 0 Å². The van der Waals surface area contributed by atoms with Gasteiger partial charge < -0.3 is 10.1 Å². The van der Waals surface area contributed by atoms with Crippen LogP contribution < -0.4 is 10.0 Å². The minimum Gasteiger partial charge on any atom is -0.465 e. The van der Waals surface area contributed by atoms with E-state index in [1.54, 1.807) is 36.4 Å². The van der Waals surface area contributed by atoms with Gasteiger partial charge in [-0.2, -0.15) is 0 Å². The molecule has 0 atom stereocenters. The second-order valence-electron chi connectivity index (χ2n) is 6.44. The SMILES string of the molecule is COC(=O)c1ccc(NC2CCCC2)c(S(=O)(=O)Nc2ccc(Cl)cc2)c1. The summed E-state index contributed by atoms with van der Waals surface area (Å²) in [6.07, 6.45) is 4.21. The molecule has 2 N–H and O–H groups in total. The van der Waals surface area contributed by atoms with Gasteiger partial charge in [-0.15, -0.1) is 0 Å². The van der Waals surface area contributed by atoms with Crippen LogP contribution in [-0.2, 0) is 14.8 Å². The van der Waals surface area contributed by atoms with Crippen LogP contribution in [0.1, 0.15) is 36.0 Å². The van der Waals surface area contributed by atoms with Crippen LogP contribution in [0.4, 0.5) is 11.4 Å². The van der Waals surface area contributed by atoms with Crippen molar-refractivity contribution in [3.63, 3.8) is 0 Å². The fourth-order valence-electron chi connectivity index (χ4n) is 3.13. The highest BCUT2D eigenvalue weighted by Gasteiger charge is 2.24. The fraction of sp³-hybridized carbons (Fsp3) is 0.316. The van der Waals surface area contributed by atoms with Gasteiger partial charge in [-0.05, 0) is 55.3 Å². The molecule has 0 saturated heterocycles. The summed E-state index contributed by atoms with van der Waals surface area (Å²) in [6.45, 7) is 0. The third-order valence-electron chi connectivity index (χ3n) is 4.50. The molecule has 0 spiro atoms. The zero-order valence-corrected chi connectivity index (χ0v) is 16.4. The van der Waals surface area contributed by atoms with Crippen molar-refractivity contribution in [1.29, 1.82) is 0 Å². The molecule has 1 fully saturated rings. The van der Waals surface area contributed by atoms with Crippen LogP contribution in [0.5, 0.6) is 0 Å². The van der Waals surface area contributed by atoms with Crippen molar-refractivity contribution in [3.05, 3.63) is 53.1 Å². The second-order valence-corrected chi connectivity index (χ2v) is 8.53. The lowest BCUT2D eigenvalue weighted by molar-refractivity contribution is 0.0600. The topological polar surface area (TPSA) is 84.5 Å². The largest absolute Gasteiger partial charge is 0.465 e. The Morgan fingerprint density at radius 2 is 1.78 bits per heavy atom. The van der Waals surface area contributed by atoms with Crippen molar-refractivity contribution in [3.8, 4) is 0 Å². The number of carbonyl (C=O) groups is 1. The predicted molar refractivity (Wildman–Crippen MR) is 106 cm³/mol. The van der Waals surface area contributed by atoms with Gasteiger partial charge in [0.2, 0.25) is 0 Å². The Hall–Kier alpha value is -2.25. The van der Waals surface area contributed by atoms with E-state index in [1.165, 1.54) is 13.2 Å². The third-order valence-corrected chi connectivity index (χ3v) is 6.18. The van der Waals surface area contributed by atoms with Crippen LogP contribution in [0, 0.1) is 0 Å². The highest BCUT2D eigenvalue weighted by atomic mass is 35.5. The molecule has 0 bridgehead atoms. The average molecular weight is 409 g/mol. The van der Waals surface area contributed by atoms with Crippen molar-refractivity contribution >= 4 is 39.0 Å². The van der Waals surface area contributed by atoms with Gasteiger partial charge in [-0.25, -0.2) is 13.2 Å². The number of halogens is 1. The fourth-order valence-corrected chi connectivity index (χ4v) is 4.51. The van der Waals surface area contributed by atoms with E-state index < -0.39 is 16.0 Å². The normalized spacial score (nSPS) is 14.7. The standard InChI is InChI=1S/C19H21ClN2O4S/c1-26-19(23)13-6-11-17(21-15-4-2-3-5-15)18(12-13)27(24,25)22-16-9-7-14(20)8-10-16/h6-12,15,21-22H,2-5H2,1H3. The third kappa shape index (κ3) is 4.73. The summed E-state index contributed by atoms with van der Waals surface area (Å²) in [6, 6.07) is 11.1. The Labute approximate surface area is 163 Å². The van der Waals surface area contributed by atoms with Crippen LogP contribution >= 0.6 is 11.6 Å². The number of carbonyl (C=O) groups excluding carboxylic acids is 1. The summed E-state index contributed by atoms with van der Waals surface area (Å²) in [7, 11) is -2.67. The van der Waals surface area contributed by atoms with Crippen LogP contribution in [0.15, 0.2) is 47.4 Å². The molecule has 0 unspecified atom stereocenters. The highest BCUT2D eigenvalue weighted by Crippen LogP contribution is 2.29. The summed E-state index contributed by atoms with van der Waals surface area (Å²) in [5, 5.41) is 3.81. The molecule has 27 heavy (non-hydrogen) atoms. The zero-order valence-electron chi connectivity index (χ0n) is 14.9. The number of benzene rings is 2. The van der Waals surface area contributed by atoms with Gasteiger partial charge in [-0.3, -0.25) is 4.72 Å². The molecule has 1 aliphatic rings. The number of methoxy groups -OCH3 is 1. The number of nitrogens with one attached hydrogen (secondary N) is 2. The highest BCUT2D eigenvalue weighted by molar-refractivity contribution is 7.92. The number of ether oxygens (including phenoxy) is 1. The summed E-state index contributed by atoms with van der Waals surface area (Å²) in [5.41, 5.74) is 1.02. The van der Waals surface area contributed by atoms with E-state index in [2.05, 4.69) is 10.0 Å². The van der Waals surface area contributed by atoms with E-state index in [4.69, 9.17) is 16.3 Å². The van der Waals surface area contributed by atoms with E-state index in [1.807, 2.05) is 0 Å². The molecule has 6 nitrogen and oxygen atoms in total. The maximum Gasteiger partial charge on any atom is 0.337 e. The second kappa shape index (κ2) is 8.19. The molecule has 144 valence electrons. The molecule has 2 aromatic carbocycles. The number of rotatable bonds is 6. The maximum atomic E-state index is 13.0. The Kier molecular flexibility index (Phi) is 5.92. The molecule has 0 radical (unpaired) electrons. The average Bonchev–Trinajstić information content (AvgIpc) is 3.16. The minimum absolute atomic E-state index is 0.00671. The molecule has 1 saturated carbocycles. The molecule has 0 amide bonds. The predicted octanol–water partition coefficient (Wildman–Crippen LogP) is 4.28. The lowest BCUT2D eigenvalue weighted by Crippen LogP contribution is -2.20. The van der Waals surface area contributed by atoms with E-state index in [0.29, 0.717) is 16.4 Å². The van der Waals surface area contributed by atoms with Gasteiger partial charge in [-0.1, -0.05) is 24.4 Å². The summed E-state index contributed by atoms with van der Waals surface area (Å²) in [5.74, 6) is -0.592. The van der Waals surface area contributed by atoms with Crippen molar-refractivity contribution in [2.45, 2.75) is 36.6 Å². The Morgan fingerprint density at radius 3 is 2.41 bits per heavy atom. The lowest BCUT2D eigenvalue weighted by atomic mass is 10.2. The first-order chi connectivity index (χ1) is 12.9. The molecular weight excluding hydrogens is 388 g/mol. The first kappa shape index (κ1) is 19.5. The van der Waals surface area contributed by atoms with E-state index in [0.717, 1.165) is 25.7 Å². The summed E-state index contributed by atoms with van der Waals surface area (Å²) >= 11 is 5.85. The minimum atomic E-state index is -3.93. The maximum absolute atomic E-state index is 13.0. The summed E-state index contributed by atoms with van der Waals surface area (Å²) < 4.78 is 33.3. The summed E-state index contributed by atoms with van der Waals surface area (Å²) in [4.78, 5) is 11.9. The van der Waals surface area contributed by atoms with Crippen molar-refractivity contribution in [2.75, 3.05) is 17.1 Å². The van der Waals surface area contributed by atoms with Crippen LogP contribution in [0.3, 0.4) is 0 Å². The molecule has 0 aliphatic heterocycles. The Bertz CT molecular complexity index is 923. The van der Waals surface area contributed by atoms with Crippen LogP contribution in [0.2, 0.25) is 5.02 Å². The van der Waals surface area contributed by atoms with Gasteiger partial charge in [0.15, 0.2) is 0 Å². The zero-order chi connectivity index (χ0) is 19.4. The first-order valence-corrected chi connectivity index (χ1v) is 10.5. The Morgan fingerprint density at radius 1 is 1.11 bits per heavy atom. The van der Waals surface area contributed by atoms with Gasteiger partial charge in [0.05, 0.1) is 18.4 Å². The monoisotopic (exact) mass is 408 g/mol. The number of hydrogen-bond donors (Lipinski definition) is 2. The first-order valence-electron chi connectivity index (χ1n) is 8.66. The number of hydrogen-bond acceptors (Lipinski definition) is 5. The molecule has 0 heterocycles. The van der Waals surface area contributed by atoms with Crippen LogP contribution in [0.25, 0.3) is 0 Å². The molecule has 8 heteroatoms. The molecule has 0 aromatic heterocycles. The van der Waals surface area contributed by atoms with Gasteiger partial charge in [0.25, 0.3) is 10.0 Å². The van der Waals surface area contributed by atoms with E-state index in [-0.39, 0.29) is 16.5 Å². The molecule has 3 rings (SSSR count). The molecule has 1 aliphatic carbocycles. The van der Waals surface area contributed by atoms with Crippen LogP contribution in [-0.4, -0.2) is 27.5 Å². The van der Waals surface area contributed by atoms with Crippen molar-refractivity contribution < 1.29 is 17.9 Å². The van der Waals surface area contributed by atoms with E-state index >= 15 is 0 Å². The van der Waals surface area contributed by atoms with Gasteiger partial charge in [0, 0.05) is 16.8 Å². The molecular formula is C19H21ClN2O4S. The quantitative estimate of drug-likeness (QED) is 0.697. The smallest absolute Gasteiger partial charge is 0.337 e. The number of sulfonamides is 1. The number of anilines is 2. The Balaban J connectivity index is 1.97. The number of esters is 1. The van der Waals surface area contributed by atoms with Gasteiger partial charge in [0.1, 0.15) is 4.90 Å². The van der Waals surface area contributed by atoms with E-state index in [9.17, 15) is 13.2 Å².